The second-order valence-electron chi connectivity index (χ2n) is 9.65. The predicted molar refractivity (Wildman–Crippen MR) is 137 cm³/mol. The number of aromatic nitrogens is 5. The highest BCUT2D eigenvalue weighted by molar-refractivity contribution is 5.93. The van der Waals surface area contributed by atoms with Crippen molar-refractivity contribution in [3.63, 3.8) is 0 Å². The summed E-state index contributed by atoms with van der Waals surface area (Å²) in [5.41, 5.74) is 13.1. The number of hydrogen-bond acceptors (Lipinski definition) is 5. The molecule has 7 nitrogen and oxygen atoms in total. The van der Waals surface area contributed by atoms with Gasteiger partial charge in [0.1, 0.15) is 11.4 Å². The summed E-state index contributed by atoms with van der Waals surface area (Å²) >= 11 is 0. The summed E-state index contributed by atoms with van der Waals surface area (Å²) < 4.78 is 9.40. The van der Waals surface area contributed by atoms with E-state index in [0.29, 0.717) is 11.5 Å². The van der Waals surface area contributed by atoms with E-state index in [1.54, 1.807) is 0 Å². The van der Waals surface area contributed by atoms with Crippen LogP contribution in [0, 0.1) is 6.92 Å². The lowest BCUT2D eigenvalue weighted by Gasteiger charge is -2.38. The molecule has 2 N–H and O–H groups in total. The van der Waals surface area contributed by atoms with Crippen LogP contribution in [0.1, 0.15) is 30.6 Å². The van der Waals surface area contributed by atoms with Gasteiger partial charge in [-0.2, -0.15) is 4.40 Å². The molecule has 36 heavy (non-hydrogen) atoms. The minimum absolute atomic E-state index is 0.204. The first-order valence-corrected chi connectivity index (χ1v) is 12.2. The van der Waals surface area contributed by atoms with Crippen molar-refractivity contribution in [2.24, 2.45) is 5.73 Å². The zero-order valence-corrected chi connectivity index (χ0v) is 19.9. The average molecular weight is 474 g/mol. The molecule has 0 amide bonds. The number of nitrogens with zero attached hydrogens (tertiary/aromatic N) is 5. The van der Waals surface area contributed by atoms with E-state index in [-0.39, 0.29) is 5.54 Å². The fourth-order valence-corrected chi connectivity index (χ4v) is 5.11. The van der Waals surface area contributed by atoms with E-state index in [1.807, 2.05) is 54.3 Å². The maximum atomic E-state index is 6.58. The maximum Gasteiger partial charge on any atom is 0.336 e. The normalized spacial score (nSPS) is 14.8. The van der Waals surface area contributed by atoms with Crippen molar-refractivity contribution in [3.05, 3.63) is 96.5 Å². The summed E-state index contributed by atoms with van der Waals surface area (Å²) in [5, 5.41) is 10.3. The van der Waals surface area contributed by atoms with Crippen molar-refractivity contribution in [2.45, 2.75) is 31.7 Å². The molecule has 6 aromatic rings. The van der Waals surface area contributed by atoms with Crippen LogP contribution in [0.5, 0.6) is 0 Å². The lowest BCUT2D eigenvalue weighted by Crippen LogP contribution is -2.43. The quantitative estimate of drug-likeness (QED) is 0.359. The van der Waals surface area contributed by atoms with Gasteiger partial charge in [-0.25, -0.2) is 0 Å². The van der Waals surface area contributed by atoms with Crippen LogP contribution in [0.15, 0.2) is 89.7 Å². The molecule has 0 aliphatic heterocycles. The van der Waals surface area contributed by atoms with E-state index in [1.165, 1.54) is 12.0 Å². The highest BCUT2D eigenvalue weighted by atomic mass is 16.5. The molecule has 0 bridgehead atoms. The van der Waals surface area contributed by atoms with Crippen LogP contribution < -0.4 is 10.1 Å². The summed E-state index contributed by atoms with van der Waals surface area (Å²) in [7, 11) is 0. The molecule has 7 rings (SSSR count). The standard InChI is InChI=1S/C29H25N6O/c1-19-16-26(33-36-19)27-32-35(23-10-8-22(9-11-23)29(30)13-5-14-29)28-24-17-21(20-6-3-2-4-7-20)18-31-25(24)12-15-34(27)28/h2-4,6-12,15-18H,5,13-14,30H2,1H3/q+1. The van der Waals surface area contributed by atoms with Crippen LogP contribution in [-0.4, -0.2) is 19.9 Å². The maximum absolute atomic E-state index is 6.58. The first-order chi connectivity index (χ1) is 17.6. The van der Waals surface area contributed by atoms with Crippen molar-refractivity contribution < 1.29 is 8.92 Å². The van der Waals surface area contributed by atoms with Crippen LogP contribution in [0.4, 0.5) is 0 Å². The number of aryl methyl sites for hydroxylation is 1. The van der Waals surface area contributed by atoms with Crippen LogP contribution in [-0.2, 0) is 5.54 Å². The molecule has 7 heteroatoms. The van der Waals surface area contributed by atoms with E-state index < -0.39 is 0 Å². The third-order valence-electron chi connectivity index (χ3n) is 7.29. The fourth-order valence-electron chi connectivity index (χ4n) is 5.11. The van der Waals surface area contributed by atoms with Gasteiger partial charge in [0.2, 0.25) is 0 Å². The lowest BCUT2D eigenvalue weighted by atomic mass is 9.73. The Balaban J connectivity index is 1.48. The van der Waals surface area contributed by atoms with Gasteiger partial charge in [0, 0.05) is 23.4 Å². The largest absolute Gasteiger partial charge is 0.361 e. The predicted octanol–water partition coefficient (Wildman–Crippen LogP) is 5.13. The van der Waals surface area contributed by atoms with E-state index >= 15 is 0 Å². The van der Waals surface area contributed by atoms with Gasteiger partial charge in [-0.05, 0) is 61.6 Å². The van der Waals surface area contributed by atoms with Gasteiger partial charge in [-0.3, -0.25) is 4.98 Å². The monoisotopic (exact) mass is 473 g/mol. The molecule has 0 spiro atoms. The zero-order valence-electron chi connectivity index (χ0n) is 19.9. The van der Waals surface area contributed by atoms with Crippen molar-refractivity contribution in [3.8, 4) is 28.3 Å². The van der Waals surface area contributed by atoms with Crippen molar-refractivity contribution >= 4 is 16.6 Å². The molecular formula is C29H25N6O+. The Hall–Kier alpha value is -4.36. The zero-order chi connectivity index (χ0) is 24.3. The Morgan fingerprint density at radius 1 is 0.972 bits per heavy atom. The van der Waals surface area contributed by atoms with Crippen LogP contribution >= 0.6 is 0 Å². The Morgan fingerprint density at radius 3 is 2.47 bits per heavy atom. The third kappa shape index (κ3) is 3.24. The summed E-state index contributed by atoms with van der Waals surface area (Å²) in [4.78, 5) is 4.79. The first kappa shape index (κ1) is 21.0. The van der Waals surface area contributed by atoms with Crippen molar-refractivity contribution in [1.82, 2.24) is 19.9 Å². The van der Waals surface area contributed by atoms with Gasteiger partial charge in [-0.1, -0.05) is 52.3 Å². The molecular weight excluding hydrogens is 448 g/mol. The lowest BCUT2D eigenvalue weighted by molar-refractivity contribution is -0.498. The number of fused-ring (bicyclic) bond motifs is 3. The number of pyridine rings is 2. The molecule has 1 aliphatic carbocycles. The van der Waals surface area contributed by atoms with Crippen LogP contribution in [0.2, 0.25) is 0 Å². The molecule has 176 valence electrons. The van der Waals surface area contributed by atoms with E-state index in [0.717, 1.165) is 52.0 Å². The fraction of sp³-hybridized carbons (Fsp3) is 0.172. The topological polar surface area (TPSA) is 86.9 Å². The van der Waals surface area contributed by atoms with Crippen molar-refractivity contribution in [2.75, 3.05) is 0 Å². The molecule has 0 radical (unpaired) electrons. The van der Waals surface area contributed by atoms with Gasteiger partial charge in [0.25, 0.3) is 5.65 Å². The first-order valence-electron chi connectivity index (χ1n) is 12.2. The molecule has 1 saturated carbocycles. The molecule has 4 aromatic heterocycles. The van der Waals surface area contributed by atoms with Gasteiger partial charge >= 0.3 is 5.82 Å². The van der Waals surface area contributed by atoms with E-state index in [9.17, 15) is 0 Å². The van der Waals surface area contributed by atoms with E-state index in [4.69, 9.17) is 20.3 Å². The highest BCUT2D eigenvalue weighted by Gasteiger charge is 2.34. The average Bonchev–Trinajstić information content (AvgIpc) is 3.51. The van der Waals surface area contributed by atoms with Crippen molar-refractivity contribution in [1.29, 1.82) is 0 Å². The SMILES string of the molecule is Cc1cc(-c2nn(-c3ccc(C4(N)CCC4)cc3)c3c4cc(-c5ccccc5)cnc4cc[n+]23)no1. The minimum Gasteiger partial charge on any atom is -0.361 e. The number of benzene rings is 2. The smallest absolute Gasteiger partial charge is 0.336 e. The Labute approximate surface area is 207 Å². The molecule has 0 unspecified atom stereocenters. The third-order valence-corrected chi connectivity index (χ3v) is 7.29. The number of nitrogens with two attached hydrogens (primary N) is 1. The number of rotatable bonds is 4. The van der Waals surface area contributed by atoms with Gasteiger partial charge < -0.3 is 10.3 Å². The summed E-state index contributed by atoms with van der Waals surface area (Å²) in [6.45, 7) is 1.88. The molecule has 4 heterocycles. The van der Waals surface area contributed by atoms with Gasteiger partial charge in [0.15, 0.2) is 5.69 Å². The Morgan fingerprint density at radius 2 is 1.78 bits per heavy atom. The Kier molecular flexibility index (Phi) is 4.56. The summed E-state index contributed by atoms with van der Waals surface area (Å²) in [6.07, 6.45) is 7.16. The van der Waals surface area contributed by atoms with E-state index in [2.05, 4.69) is 52.0 Å². The second kappa shape index (κ2) is 7.83. The molecule has 1 aliphatic rings. The van der Waals surface area contributed by atoms with Gasteiger partial charge in [-0.15, -0.1) is 0 Å². The van der Waals surface area contributed by atoms with Crippen LogP contribution in [0.25, 0.3) is 44.9 Å². The molecule has 2 aromatic carbocycles. The van der Waals surface area contributed by atoms with Crippen LogP contribution in [0.3, 0.4) is 0 Å². The molecule has 0 saturated heterocycles. The summed E-state index contributed by atoms with van der Waals surface area (Å²) in [6, 6.07) is 24.8. The highest BCUT2D eigenvalue weighted by Crippen LogP contribution is 2.39. The summed E-state index contributed by atoms with van der Waals surface area (Å²) in [5.74, 6) is 1.44. The van der Waals surface area contributed by atoms with Gasteiger partial charge in [0.05, 0.1) is 22.2 Å². The Bertz CT molecular complexity index is 1730. The minimum atomic E-state index is -0.204. The second-order valence-corrected chi connectivity index (χ2v) is 9.65. The molecule has 0 atom stereocenters. The molecule has 1 fully saturated rings. The number of hydrogen-bond donors (Lipinski definition) is 1.